The fraction of sp³-hybridized carbons (Fsp3) is 0.217. The number of pyridine rings is 1. The van der Waals surface area contributed by atoms with Crippen LogP contribution in [-0.4, -0.2) is 62.6 Å². The molecule has 0 aliphatic carbocycles. The maximum Gasteiger partial charge on any atom is 0.289 e. The van der Waals surface area contributed by atoms with Gasteiger partial charge in [-0.1, -0.05) is 12.1 Å². The molecule has 8 nitrogen and oxygen atoms in total. The molecule has 0 radical (unpaired) electrons. The maximum atomic E-state index is 14.3. The second-order valence-electron chi connectivity index (χ2n) is 7.62. The average molecular weight is 433 g/mol. The fourth-order valence-corrected chi connectivity index (χ4v) is 3.94. The number of aryl methyl sites for hydroxylation is 1. The molecule has 0 N–H and O–H groups in total. The van der Waals surface area contributed by atoms with Crippen molar-refractivity contribution in [1.29, 1.82) is 0 Å². The highest BCUT2D eigenvalue weighted by Crippen LogP contribution is 2.24. The number of hydrogen-bond acceptors (Lipinski definition) is 5. The molecule has 1 saturated heterocycles. The zero-order valence-corrected chi connectivity index (χ0v) is 17.4. The van der Waals surface area contributed by atoms with Crippen LogP contribution in [-0.2, 0) is 0 Å². The van der Waals surface area contributed by atoms with Gasteiger partial charge in [0.05, 0.1) is 23.4 Å². The standard InChI is InChI=1S/C23H20FN5O3/c1-15-13-16(17-14-25-29(21(17)26-15)19-6-3-2-5-18(19)24)22(30)27-8-10-28(11-9-27)23(31)20-7-4-12-32-20/h2-7,12-14H,8-11H2,1H3. The van der Waals surface area contributed by atoms with Crippen molar-refractivity contribution in [2.24, 2.45) is 0 Å². The third-order valence-electron chi connectivity index (χ3n) is 5.57. The number of fused-ring (bicyclic) bond motifs is 1. The molecule has 4 heterocycles. The van der Waals surface area contributed by atoms with Crippen LogP contribution in [0.1, 0.15) is 26.6 Å². The average Bonchev–Trinajstić information content (AvgIpc) is 3.48. The van der Waals surface area contributed by atoms with Crippen LogP contribution < -0.4 is 0 Å². The number of carbonyl (C=O) groups excluding carboxylic acids is 2. The Morgan fingerprint density at radius 1 is 1.00 bits per heavy atom. The molecule has 0 spiro atoms. The number of amides is 2. The number of piperazine rings is 1. The lowest BCUT2D eigenvalue weighted by Crippen LogP contribution is -2.50. The lowest BCUT2D eigenvalue weighted by molar-refractivity contribution is 0.0519. The van der Waals surface area contributed by atoms with Crippen LogP contribution in [0, 0.1) is 12.7 Å². The highest BCUT2D eigenvalue weighted by molar-refractivity contribution is 6.05. The molecule has 2 amide bonds. The fourth-order valence-electron chi connectivity index (χ4n) is 3.94. The summed E-state index contributed by atoms with van der Waals surface area (Å²) in [4.78, 5) is 33.7. The van der Waals surface area contributed by atoms with Crippen LogP contribution >= 0.6 is 0 Å². The van der Waals surface area contributed by atoms with Gasteiger partial charge >= 0.3 is 0 Å². The normalized spacial score (nSPS) is 14.2. The minimum atomic E-state index is -0.425. The summed E-state index contributed by atoms with van der Waals surface area (Å²) in [5, 5.41) is 4.85. The van der Waals surface area contributed by atoms with Crippen LogP contribution in [0.15, 0.2) is 59.3 Å². The van der Waals surface area contributed by atoms with E-state index in [1.165, 1.54) is 23.2 Å². The Bertz CT molecular complexity index is 1310. The number of aromatic nitrogens is 3. The molecule has 162 valence electrons. The molecule has 1 aliphatic rings. The van der Waals surface area contributed by atoms with Crippen LogP contribution in [0.3, 0.4) is 0 Å². The Balaban J connectivity index is 1.41. The van der Waals surface area contributed by atoms with Crippen molar-refractivity contribution in [2.75, 3.05) is 26.2 Å². The SMILES string of the molecule is Cc1cc(C(=O)N2CCN(C(=O)c3ccco3)CC2)c2cnn(-c3ccccc3F)c2n1. The largest absolute Gasteiger partial charge is 0.459 e. The van der Waals surface area contributed by atoms with Crippen molar-refractivity contribution in [3.8, 4) is 5.69 Å². The zero-order chi connectivity index (χ0) is 22.2. The van der Waals surface area contributed by atoms with E-state index in [0.717, 1.165) is 0 Å². The van der Waals surface area contributed by atoms with Crippen molar-refractivity contribution in [3.05, 3.63) is 77.8 Å². The first-order valence-corrected chi connectivity index (χ1v) is 10.3. The highest BCUT2D eigenvalue weighted by Gasteiger charge is 2.28. The summed E-state index contributed by atoms with van der Waals surface area (Å²) in [5.41, 5.74) is 1.78. The third kappa shape index (κ3) is 3.41. The van der Waals surface area contributed by atoms with Crippen LogP contribution in [0.25, 0.3) is 16.7 Å². The molecule has 1 fully saturated rings. The first kappa shape index (κ1) is 19.9. The molecule has 32 heavy (non-hydrogen) atoms. The van der Waals surface area contributed by atoms with Gasteiger partial charge in [-0.25, -0.2) is 14.1 Å². The predicted octanol–water partition coefficient (Wildman–Crippen LogP) is 3.06. The van der Waals surface area contributed by atoms with E-state index in [-0.39, 0.29) is 23.3 Å². The smallest absolute Gasteiger partial charge is 0.289 e. The van der Waals surface area contributed by atoms with Crippen molar-refractivity contribution >= 4 is 22.8 Å². The number of para-hydroxylation sites is 1. The van der Waals surface area contributed by atoms with Gasteiger partial charge in [0, 0.05) is 31.9 Å². The summed E-state index contributed by atoms with van der Waals surface area (Å²) in [6.45, 7) is 3.40. The van der Waals surface area contributed by atoms with Crippen molar-refractivity contribution < 1.29 is 18.4 Å². The van der Waals surface area contributed by atoms with Gasteiger partial charge in [0.1, 0.15) is 11.5 Å². The number of rotatable bonds is 3. The van der Waals surface area contributed by atoms with Gasteiger partial charge in [-0.15, -0.1) is 0 Å². The summed E-state index contributed by atoms with van der Waals surface area (Å²) in [6, 6.07) is 11.3. The zero-order valence-electron chi connectivity index (χ0n) is 17.4. The van der Waals surface area contributed by atoms with Crippen molar-refractivity contribution in [1.82, 2.24) is 24.6 Å². The molecule has 0 atom stereocenters. The summed E-state index contributed by atoms with van der Waals surface area (Å²) in [5.74, 6) is -0.489. The van der Waals surface area contributed by atoms with E-state index in [1.807, 2.05) is 0 Å². The maximum absolute atomic E-state index is 14.3. The number of benzene rings is 1. The molecule has 1 aromatic carbocycles. The Labute approximate surface area is 182 Å². The minimum Gasteiger partial charge on any atom is -0.459 e. The predicted molar refractivity (Wildman–Crippen MR) is 114 cm³/mol. The van der Waals surface area contributed by atoms with E-state index >= 15 is 0 Å². The summed E-state index contributed by atoms with van der Waals surface area (Å²) < 4.78 is 20.9. The third-order valence-corrected chi connectivity index (χ3v) is 5.57. The molecule has 1 aliphatic heterocycles. The number of nitrogens with zero attached hydrogens (tertiary/aromatic N) is 5. The van der Waals surface area contributed by atoms with E-state index in [9.17, 15) is 14.0 Å². The lowest BCUT2D eigenvalue weighted by atomic mass is 10.1. The van der Waals surface area contributed by atoms with Crippen LogP contribution in [0.2, 0.25) is 0 Å². The molecule has 0 saturated carbocycles. The van der Waals surface area contributed by atoms with E-state index in [4.69, 9.17) is 4.42 Å². The van der Waals surface area contributed by atoms with E-state index in [2.05, 4.69) is 10.1 Å². The molecule has 9 heteroatoms. The minimum absolute atomic E-state index is 0.168. The van der Waals surface area contributed by atoms with Crippen LogP contribution in [0.5, 0.6) is 0 Å². The Hall–Kier alpha value is -4.01. The van der Waals surface area contributed by atoms with Gasteiger partial charge in [0.25, 0.3) is 11.8 Å². The number of hydrogen-bond donors (Lipinski definition) is 0. The molecule has 0 unspecified atom stereocenters. The summed E-state index contributed by atoms with van der Waals surface area (Å²) in [6.07, 6.45) is 3.00. The van der Waals surface area contributed by atoms with E-state index in [0.29, 0.717) is 48.5 Å². The first-order valence-electron chi connectivity index (χ1n) is 10.3. The molecule has 3 aromatic heterocycles. The van der Waals surface area contributed by atoms with Crippen molar-refractivity contribution in [2.45, 2.75) is 6.92 Å². The topological polar surface area (TPSA) is 84.5 Å². The summed E-state index contributed by atoms with van der Waals surface area (Å²) >= 11 is 0. The van der Waals surface area contributed by atoms with Gasteiger partial charge in [-0.05, 0) is 37.3 Å². The van der Waals surface area contributed by atoms with Gasteiger partial charge in [-0.2, -0.15) is 5.10 Å². The van der Waals surface area contributed by atoms with E-state index < -0.39 is 5.82 Å². The quantitative estimate of drug-likeness (QED) is 0.496. The second-order valence-corrected chi connectivity index (χ2v) is 7.62. The lowest BCUT2D eigenvalue weighted by Gasteiger charge is -2.34. The van der Waals surface area contributed by atoms with Gasteiger partial charge in [0.2, 0.25) is 0 Å². The molecule has 0 bridgehead atoms. The van der Waals surface area contributed by atoms with Crippen LogP contribution in [0.4, 0.5) is 4.39 Å². The van der Waals surface area contributed by atoms with Gasteiger partial charge < -0.3 is 14.2 Å². The van der Waals surface area contributed by atoms with Gasteiger partial charge in [-0.3, -0.25) is 9.59 Å². The second kappa shape index (κ2) is 7.92. The summed E-state index contributed by atoms with van der Waals surface area (Å²) in [7, 11) is 0. The number of carbonyl (C=O) groups is 2. The Morgan fingerprint density at radius 2 is 1.72 bits per heavy atom. The molecule has 4 aromatic rings. The molecular weight excluding hydrogens is 413 g/mol. The Morgan fingerprint density at radius 3 is 2.41 bits per heavy atom. The molecule has 5 rings (SSSR count). The Kier molecular flexibility index (Phi) is 4.93. The monoisotopic (exact) mass is 433 g/mol. The molecular formula is C23H20FN5O3. The first-order chi connectivity index (χ1) is 15.5. The van der Waals surface area contributed by atoms with E-state index in [1.54, 1.807) is 53.1 Å². The number of halogens is 1. The highest BCUT2D eigenvalue weighted by atomic mass is 19.1. The van der Waals surface area contributed by atoms with Crippen molar-refractivity contribution in [3.63, 3.8) is 0 Å². The van der Waals surface area contributed by atoms with Gasteiger partial charge in [0.15, 0.2) is 11.4 Å². The number of furan rings is 1.